The van der Waals surface area contributed by atoms with Crippen molar-refractivity contribution in [1.29, 1.82) is 0 Å². The minimum Gasteiger partial charge on any atom is -0.478 e. The van der Waals surface area contributed by atoms with Crippen LogP contribution in [0.2, 0.25) is 0 Å². The third kappa shape index (κ3) is 1.76. The van der Waals surface area contributed by atoms with Crippen molar-refractivity contribution >= 4 is 17.0 Å². The fourth-order valence-electron chi connectivity index (χ4n) is 2.56. The summed E-state index contributed by atoms with van der Waals surface area (Å²) in [6.45, 7) is 4.06. The molecule has 0 spiro atoms. The number of carbonyl (C=O) groups is 1. The summed E-state index contributed by atoms with van der Waals surface area (Å²) < 4.78 is 1.49. The molecule has 1 atom stereocenters. The zero-order valence-electron chi connectivity index (χ0n) is 11.1. The Balaban J connectivity index is 2.34. The van der Waals surface area contributed by atoms with E-state index >= 15 is 0 Å². The number of benzene rings is 1. The molecular formula is C14H14N2O4. The molecule has 2 N–H and O–H groups in total. The van der Waals surface area contributed by atoms with Crippen LogP contribution >= 0.6 is 0 Å². The van der Waals surface area contributed by atoms with Gasteiger partial charge in [-0.25, -0.2) is 4.79 Å². The molecule has 1 saturated carbocycles. The van der Waals surface area contributed by atoms with Crippen LogP contribution in [0.5, 0.6) is 0 Å². The number of aromatic amines is 1. The van der Waals surface area contributed by atoms with Crippen LogP contribution in [0, 0.1) is 5.41 Å². The molecule has 6 heteroatoms. The van der Waals surface area contributed by atoms with E-state index in [1.54, 1.807) is 6.07 Å². The van der Waals surface area contributed by atoms with Gasteiger partial charge in [-0.3, -0.25) is 14.2 Å². The highest BCUT2D eigenvalue weighted by Crippen LogP contribution is 2.55. The molecular weight excluding hydrogens is 260 g/mol. The third-order valence-corrected chi connectivity index (χ3v) is 3.94. The normalized spacial score (nSPS) is 20.0. The lowest BCUT2D eigenvalue weighted by molar-refractivity contribution is 0.0697. The maximum Gasteiger partial charge on any atom is 0.335 e. The van der Waals surface area contributed by atoms with E-state index < -0.39 is 17.1 Å². The SMILES string of the molecule is CC1(C)CC1n1c(=O)c(=O)[nH]c2cc(C(=O)O)ccc21. The van der Waals surface area contributed by atoms with Crippen LogP contribution in [0.15, 0.2) is 27.8 Å². The van der Waals surface area contributed by atoms with E-state index in [0.29, 0.717) is 11.0 Å². The van der Waals surface area contributed by atoms with Gasteiger partial charge in [0.2, 0.25) is 0 Å². The number of nitrogens with one attached hydrogen (secondary N) is 1. The molecule has 1 aliphatic carbocycles. The number of carboxylic acids is 1. The smallest absolute Gasteiger partial charge is 0.335 e. The maximum atomic E-state index is 12.1. The summed E-state index contributed by atoms with van der Waals surface area (Å²) in [5, 5.41) is 8.98. The first kappa shape index (κ1) is 12.7. The third-order valence-electron chi connectivity index (χ3n) is 3.94. The Bertz CT molecular complexity index is 844. The summed E-state index contributed by atoms with van der Waals surface area (Å²) in [7, 11) is 0. The second-order valence-corrected chi connectivity index (χ2v) is 5.87. The van der Waals surface area contributed by atoms with E-state index in [9.17, 15) is 14.4 Å². The summed E-state index contributed by atoms with van der Waals surface area (Å²) in [6.07, 6.45) is 0.826. The summed E-state index contributed by atoms with van der Waals surface area (Å²) in [4.78, 5) is 37.2. The fourth-order valence-corrected chi connectivity index (χ4v) is 2.56. The van der Waals surface area contributed by atoms with Crippen molar-refractivity contribution in [3.05, 3.63) is 44.5 Å². The van der Waals surface area contributed by atoms with Crippen molar-refractivity contribution in [3.63, 3.8) is 0 Å². The van der Waals surface area contributed by atoms with Gasteiger partial charge in [0.15, 0.2) is 0 Å². The monoisotopic (exact) mass is 274 g/mol. The Labute approximate surface area is 113 Å². The number of rotatable bonds is 2. The van der Waals surface area contributed by atoms with Gasteiger partial charge in [-0.2, -0.15) is 0 Å². The Hall–Kier alpha value is -2.37. The zero-order valence-corrected chi connectivity index (χ0v) is 11.1. The van der Waals surface area contributed by atoms with Crippen molar-refractivity contribution in [3.8, 4) is 0 Å². The van der Waals surface area contributed by atoms with Gasteiger partial charge in [0, 0.05) is 6.04 Å². The molecule has 0 radical (unpaired) electrons. The van der Waals surface area contributed by atoms with Gasteiger partial charge in [-0.1, -0.05) is 13.8 Å². The summed E-state index contributed by atoms with van der Waals surface area (Å²) in [5.41, 5.74) is -0.310. The average Bonchev–Trinajstić information content (AvgIpc) is 2.98. The van der Waals surface area contributed by atoms with E-state index in [2.05, 4.69) is 4.98 Å². The predicted molar refractivity (Wildman–Crippen MR) is 73.2 cm³/mol. The number of aromatic carboxylic acids is 1. The van der Waals surface area contributed by atoms with E-state index in [1.165, 1.54) is 16.7 Å². The van der Waals surface area contributed by atoms with Crippen LogP contribution in [-0.4, -0.2) is 20.6 Å². The Morgan fingerprint density at radius 3 is 2.60 bits per heavy atom. The second-order valence-electron chi connectivity index (χ2n) is 5.87. The van der Waals surface area contributed by atoms with Crippen LogP contribution in [-0.2, 0) is 0 Å². The van der Waals surface area contributed by atoms with Crippen LogP contribution in [0.3, 0.4) is 0 Å². The van der Waals surface area contributed by atoms with E-state index in [1.807, 2.05) is 13.8 Å². The molecule has 1 aromatic carbocycles. The molecule has 2 aromatic rings. The van der Waals surface area contributed by atoms with Gasteiger partial charge < -0.3 is 10.1 Å². The number of fused-ring (bicyclic) bond motifs is 1. The minimum absolute atomic E-state index is 0.0178. The molecule has 1 aromatic heterocycles. The highest BCUT2D eigenvalue weighted by molar-refractivity contribution is 5.92. The molecule has 20 heavy (non-hydrogen) atoms. The number of hydrogen-bond acceptors (Lipinski definition) is 3. The Morgan fingerprint density at radius 1 is 1.40 bits per heavy atom. The van der Waals surface area contributed by atoms with Gasteiger partial charge in [0.1, 0.15) is 0 Å². The largest absolute Gasteiger partial charge is 0.478 e. The summed E-state index contributed by atoms with van der Waals surface area (Å²) in [6, 6.07) is 4.37. The highest BCUT2D eigenvalue weighted by atomic mass is 16.4. The van der Waals surface area contributed by atoms with Crippen molar-refractivity contribution in [2.75, 3.05) is 0 Å². The van der Waals surface area contributed by atoms with Crippen LogP contribution in [0.25, 0.3) is 11.0 Å². The molecule has 0 saturated heterocycles. The summed E-state index contributed by atoms with van der Waals surface area (Å²) >= 11 is 0. The molecule has 0 bridgehead atoms. The number of H-pyrrole nitrogens is 1. The van der Waals surface area contributed by atoms with Gasteiger partial charge in [-0.05, 0) is 30.0 Å². The fraction of sp³-hybridized carbons (Fsp3) is 0.357. The lowest BCUT2D eigenvalue weighted by Crippen LogP contribution is -2.36. The summed E-state index contributed by atoms with van der Waals surface area (Å²) in [5.74, 6) is -1.07. The quantitative estimate of drug-likeness (QED) is 0.809. The first-order chi connectivity index (χ1) is 9.31. The molecule has 1 heterocycles. The number of aromatic nitrogens is 2. The number of nitrogens with zero attached hydrogens (tertiary/aromatic N) is 1. The molecule has 1 fully saturated rings. The standard InChI is InChI=1S/C14H14N2O4/c1-14(2)6-10(14)16-9-4-3-7(13(19)20)5-8(9)15-11(17)12(16)18/h3-5,10H,6H2,1-2H3,(H,15,17)(H,19,20). The number of hydrogen-bond donors (Lipinski definition) is 2. The minimum atomic E-state index is -1.07. The predicted octanol–water partition coefficient (Wildman–Crippen LogP) is 1.36. The Kier molecular flexibility index (Phi) is 2.41. The van der Waals surface area contributed by atoms with Crippen molar-refractivity contribution in [1.82, 2.24) is 9.55 Å². The lowest BCUT2D eigenvalue weighted by atomic mass is 10.1. The zero-order chi connectivity index (χ0) is 14.7. The topological polar surface area (TPSA) is 92.2 Å². The average molecular weight is 274 g/mol. The van der Waals surface area contributed by atoms with Crippen molar-refractivity contribution < 1.29 is 9.90 Å². The van der Waals surface area contributed by atoms with Gasteiger partial charge >= 0.3 is 17.1 Å². The molecule has 1 aliphatic rings. The van der Waals surface area contributed by atoms with Gasteiger partial charge in [0.25, 0.3) is 0 Å². The van der Waals surface area contributed by atoms with Crippen LogP contribution in [0.1, 0.15) is 36.7 Å². The first-order valence-corrected chi connectivity index (χ1v) is 6.33. The molecule has 1 unspecified atom stereocenters. The van der Waals surface area contributed by atoms with Crippen LogP contribution in [0.4, 0.5) is 0 Å². The molecule has 6 nitrogen and oxygen atoms in total. The van der Waals surface area contributed by atoms with Crippen LogP contribution < -0.4 is 11.1 Å². The van der Waals surface area contributed by atoms with Crippen molar-refractivity contribution in [2.45, 2.75) is 26.3 Å². The lowest BCUT2D eigenvalue weighted by Gasteiger charge is -2.11. The molecule has 0 aliphatic heterocycles. The molecule has 3 rings (SSSR count). The van der Waals surface area contributed by atoms with Gasteiger partial charge in [-0.15, -0.1) is 0 Å². The van der Waals surface area contributed by atoms with E-state index in [-0.39, 0.29) is 17.0 Å². The first-order valence-electron chi connectivity index (χ1n) is 6.33. The Morgan fingerprint density at radius 2 is 2.05 bits per heavy atom. The van der Waals surface area contributed by atoms with E-state index in [4.69, 9.17) is 5.11 Å². The second kappa shape index (κ2) is 3.82. The van der Waals surface area contributed by atoms with Gasteiger partial charge in [0.05, 0.1) is 16.6 Å². The molecule has 0 amide bonds. The number of carboxylic acid groups (broad SMARTS) is 1. The van der Waals surface area contributed by atoms with Crippen molar-refractivity contribution in [2.24, 2.45) is 5.41 Å². The maximum absolute atomic E-state index is 12.1. The van der Waals surface area contributed by atoms with E-state index in [0.717, 1.165) is 6.42 Å². The molecule has 104 valence electrons. The highest BCUT2D eigenvalue weighted by Gasteiger charge is 2.48.